The predicted octanol–water partition coefficient (Wildman–Crippen LogP) is 1.33. The normalized spacial score (nSPS) is 10.5. The molecular formula is C11H19N5. The molecule has 5 heteroatoms. The van der Waals surface area contributed by atoms with Crippen LogP contribution in [0.3, 0.4) is 0 Å². The average molecular weight is 221 g/mol. The van der Waals surface area contributed by atoms with Gasteiger partial charge in [-0.3, -0.25) is 10.4 Å². The van der Waals surface area contributed by atoms with Gasteiger partial charge in [0.15, 0.2) is 0 Å². The van der Waals surface area contributed by atoms with Gasteiger partial charge in [-0.25, -0.2) is 4.98 Å². The van der Waals surface area contributed by atoms with Crippen molar-refractivity contribution in [2.45, 2.75) is 33.2 Å². The van der Waals surface area contributed by atoms with Crippen molar-refractivity contribution in [1.29, 1.82) is 5.41 Å². The second kappa shape index (κ2) is 5.44. The molecule has 1 heterocycles. The zero-order valence-electron chi connectivity index (χ0n) is 10.1. The zero-order chi connectivity index (χ0) is 12.1. The van der Waals surface area contributed by atoms with Gasteiger partial charge in [-0.2, -0.15) is 0 Å². The summed E-state index contributed by atoms with van der Waals surface area (Å²) in [5, 5.41) is 7.26. The number of nitrogens with one attached hydrogen (secondary N) is 1. The highest BCUT2D eigenvalue weighted by Gasteiger charge is 2.14. The van der Waals surface area contributed by atoms with Crippen LogP contribution in [0, 0.1) is 12.3 Å². The van der Waals surface area contributed by atoms with Crippen molar-refractivity contribution in [3.63, 3.8) is 0 Å². The quantitative estimate of drug-likeness (QED) is 0.580. The lowest BCUT2D eigenvalue weighted by atomic mass is 10.2. The second-order valence-corrected chi connectivity index (χ2v) is 4.03. The van der Waals surface area contributed by atoms with Gasteiger partial charge in [-0.05, 0) is 20.8 Å². The lowest BCUT2D eigenvalue weighted by Gasteiger charge is -2.28. The highest BCUT2D eigenvalue weighted by Crippen LogP contribution is 2.16. The van der Waals surface area contributed by atoms with Crippen LogP contribution in [0.4, 0.5) is 5.82 Å². The molecule has 0 aliphatic rings. The van der Waals surface area contributed by atoms with Crippen molar-refractivity contribution in [1.82, 2.24) is 9.97 Å². The molecular weight excluding hydrogens is 202 g/mol. The van der Waals surface area contributed by atoms with Crippen LogP contribution in [0.15, 0.2) is 12.4 Å². The summed E-state index contributed by atoms with van der Waals surface area (Å²) in [6, 6.07) is 0.315. The van der Waals surface area contributed by atoms with E-state index in [4.69, 9.17) is 11.1 Å². The summed E-state index contributed by atoms with van der Waals surface area (Å²) < 4.78 is 0. The Labute approximate surface area is 96.2 Å². The van der Waals surface area contributed by atoms with Gasteiger partial charge in [0.1, 0.15) is 5.82 Å². The third kappa shape index (κ3) is 3.18. The van der Waals surface area contributed by atoms with E-state index in [1.807, 2.05) is 6.92 Å². The topological polar surface area (TPSA) is 78.9 Å². The van der Waals surface area contributed by atoms with Crippen molar-refractivity contribution in [2.24, 2.45) is 5.73 Å². The average Bonchev–Trinajstić information content (AvgIpc) is 2.20. The summed E-state index contributed by atoms with van der Waals surface area (Å²) in [4.78, 5) is 10.7. The maximum Gasteiger partial charge on any atom is 0.150 e. The first-order valence-electron chi connectivity index (χ1n) is 5.39. The first-order valence-corrected chi connectivity index (χ1v) is 5.39. The Morgan fingerprint density at radius 2 is 2.06 bits per heavy atom. The molecule has 1 aromatic heterocycles. The van der Waals surface area contributed by atoms with E-state index in [0.717, 1.165) is 11.5 Å². The number of hydrogen-bond donors (Lipinski definition) is 2. The minimum atomic E-state index is 0.201. The molecule has 88 valence electrons. The molecule has 0 saturated heterocycles. The number of amidine groups is 1. The smallest absolute Gasteiger partial charge is 0.150 e. The van der Waals surface area contributed by atoms with E-state index < -0.39 is 0 Å². The number of nitrogens with zero attached hydrogens (tertiary/aromatic N) is 3. The van der Waals surface area contributed by atoms with Crippen molar-refractivity contribution in [2.75, 3.05) is 11.4 Å². The van der Waals surface area contributed by atoms with Crippen LogP contribution >= 0.6 is 0 Å². The van der Waals surface area contributed by atoms with Gasteiger partial charge < -0.3 is 10.6 Å². The van der Waals surface area contributed by atoms with E-state index in [-0.39, 0.29) is 5.84 Å². The summed E-state index contributed by atoms with van der Waals surface area (Å²) in [5.74, 6) is 1.07. The van der Waals surface area contributed by atoms with E-state index in [1.165, 1.54) is 0 Å². The fourth-order valence-electron chi connectivity index (χ4n) is 1.53. The van der Waals surface area contributed by atoms with Gasteiger partial charge in [0.2, 0.25) is 0 Å². The predicted molar refractivity (Wildman–Crippen MR) is 65.8 cm³/mol. The molecule has 3 N–H and O–H groups in total. The van der Waals surface area contributed by atoms with Crippen molar-refractivity contribution in [3.8, 4) is 0 Å². The van der Waals surface area contributed by atoms with E-state index in [1.54, 1.807) is 12.4 Å². The molecule has 0 fully saturated rings. The van der Waals surface area contributed by atoms with Gasteiger partial charge in [-0.1, -0.05) is 0 Å². The summed E-state index contributed by atoms with van der Waals surface area (Å²) in [6.07, 6.45) is 3.92. The first kappa shape index (κ1) is 12.4. The molecule has 0 atom stereocenters. The number of anilines is 1. The molecule has 5 nitrogen and oxygen atoms in total. The largest absolute Gasteiger partial charge is 0.388 e. The number of aromatic nitrogens is 2. The second-order valence-electron chi connectivity index (χ2n) is 4.03. The Bertz CT molecular complexity index is 361. The molecule has 0 unspecified atom stereocenters. The van der Waals surface area contributed by atoms with Crippen LogP contribution in [-0.4, -0.2) is 28.4 Å². The lowest BCUT2D eigenvalue weighted by molar-refractivity contribution is 0.674. The first-order chi connectivity index (χ1) is 7.52. The van der Waals surface area contributed by atoms with Crippen LogP contribution in [0.5, 0.6) is 0 Å². The third-order valence-electron chi connectivity index (χ3n) is 2.37. The fraction of sp³-hybridized carbons (Fsp3) is 0.545. The summed E-state index contributed by atoms with van der Waals surface area (Å²) in [7, 11) is 0. The molecule has 0 saturated carbocycles. The van der Waals surface area contributed by atoms with E-state index in [0.29, 0.717) is 19.0 Å². The number of aryl methyl sites for hydroxylation is 1. The molecule has 1 aromatic rings. The van der Waals surface area contributed by atoms with Crippen LogP contribution < -0.4 is 10.6 Å². The van der Waals surface area contributed by atoms with E-state index in [9.17, 15) is 0 Å². The highest BCUT2D eigenvalue weighted by molar-refractivity contribution is 5.77. The van der Waals surface area contributed by atoms with E-state index >= 15 is 0 Å². The van der Waals surface area contributed by atoms with Gasteiger partial charge in [0, 0.05) is 31.4 Å². The number of rotatable bonds is 5. The Balaban J connectivity index is 2.85. The molecule has 0 aliphatic heterocycles. The number of nitrogens with two attached hydrogens (primary N) is 1. The van der Waals surface area contributed by atoms with Crippen LogP contribution in [0.25, 0.3) is 0 Å². The standard InChI is InChI=1S/C11H19N5/c1-8(2)16(7-4-10(12)13)11-9(3)14-5-6-15-11/h5-6,8H,4,7H2,1-3H3,(H3,12,13). The zero-order valence-corrected chi connectivity index (χ0v) is 10.1. The molecule has 0 amide bonds. The van der Waals surface area contributed by atoms with Crippen LogP contribution in [0.2, 0.25) is 0 Å². The summed E-state index contributed by atoms with van der Waals surface area (Å²) in [5.41, 5.74) is 6.28. The SMILES string of the molecule is Cc1nccnc1N(CCC(=N)N)C(C)C. The van der Waals surface area contributed by atoms with Gasteiger partial charge in [0.05, 0.1) is 11.5 Å². The maximum atomic E-state index is 7.26. The lowest BCUT2D eigenvalue weighted by Crippen LogP contribution is -2.35. The monoisotopic (exact) mass is 221 g/mol. The van der Waals surface area contributed by atoms with Gasteiger partial charge in [-0.15, -0.1) is 0 Å². The number of hydrogen-bond acceptors (Lipinski definition) is 4. The fourth-order valence-corrected chi connectivity index (χ4v) is 1.53. The Morgan fingerprint density at radius 1 is 1.44 bits per heavy atom. The Hall–Kier alpha value is -1.65. The summed E-state index contributed by atoms with van der Waals surface area (Å²) in [6.45, 7) is 6.82. The van der Waals surface area contributed by atoms with Crippen LogP contribution in [-0.2, 0) is 0 Å². The Morgan fingerprint density at radius 3 is 2.56 bits per heavy atom. The van der Waals surface area contributed by atoms with Crippen molar-refractivity contribution in [3.05, 3.63) is 18.1 Å². The van der Waals surface area contributed by atoms with E-state index in [2.05, 4.69) is 28.7 Å². The molecule has 1 rings (SSSR count). The Kier molecular flexibility index (Phi) is 4.22. The third-order valence-corrected chi connectivity index (χ3v) is 2.37. The summed E-state index contributed by atoms with van der Waals surface area (Å²) >= 11 is 0. The molecule has 0 spiro atoms. The van der Waals surface area contributed by atoms with Crippen molar-refractivity contribution < 1.29 is 0 Å². The van der Waals surface area contributed by atoms with Crippen LogP contribution in [0.1, 0.15) is 26.0 Å². The highest BCUT2D eigenvalue weighted by atomic mass is 15.2. The molecule has 16 heavy (non-hydrogen) atoms. The minimum Gasteiger partial charge on any atom is -0.388 e. The molecule has 0 aromatic carbocycles. The molecule has 0 radical (unpaired) electrons. The molecule has 0 bridgehead atoms. The maximum absolute atomic E-state index is 7.26. The molecule has 0 aliphatic carbocycles. The van der Waals surface area contributed by atoms with Crippen molar-refractivity contribution >= 4 is 11.7 Å². The van der Waals surface area contributed by atoms with Gasteiger partial charge >= 0.3 is 0 Å². The minimum absolute atomic E-state index is 0.201. The van der Waals surface area contributed by atoms with Gasteiger partial charge in [0.25, 0.3) is 0 Å².